The maximum Gasteiger partial charge on any atom is 0.416 e. The topological polar surface area (TPSA) is 79.9 Å². The van der Waals surface area contributed by atoms with Crippen LogP contribution < -0.4 is 10.1 Å². The number of hydrogen-bond acceptors (Lipinski definition) is 5. The van der Waals surface area contributed by atoms with Crippen LogP contribution in [0.15, 0.2) is 24.5 Å². The zero-order chi connectivity index (χ0) is 22.2. The molecule has 0 bridgehead atoms. The number of alkyl halides is 3. The lowest BCUT2D eigenvalue weighted by molar-refractivity contribution is -0.137. The molecular formula is C22H23F3N4O2. The van der Waals surface area contributed by atoms with E-state index < -0.39 is 11.7 Å². The summed E-state index contributed by atoms with van der Waals surface area (Å²) in [6.07, 6.45) is 0.285. The lowest BCUT2D eigenvalue weighted by Crippen LogP contribution is -2.22. The summed E-state index contributed by atoms with van der Waals surface area (Å²) in [4.78, 5) is 24.3. The molecule has 6 nitrogen and oxygen atoms in total. The van der Waals surface area contributed by atoms with Gasteiger partial charge >= 0.3 is 6.18 Å². The lowest BCUT2D eigenvalue weighted by atomic mass is 9.83. The molecule has 31 heavy (non-hydrogen) atoms. The van der Waals surface area contributed by atoms with E-state index in [1.165, 1.54) is 19.5 Å². The van der Waals surface area contributed by atoms with Gasteiger partial charge in [0.25, 0.3) is 0 Å². The number of anilines is 2. The van der Waals surface area contributed by atoms with Crippen LogP contribution >= 0.6 is 0 Å². The van der Waals surface area contributed by atoms with Crippen LogP contribution in [0.25, 0.3) is 11.0 Å². The van der Waals surface area contributed by atoms with Crippen molar-refractivity contribution in [1.29, 1.82) is 0 Å². The van der Waals surface area contributed by atoms with Crippen molar-refractivity contribution in [3.05, 3.63) is 41.3 Å². The Bertz CT molecular complexity index is 1120. The number of ketones is 1. The standard InChI is InChI=1S/C22H23F3N4O2/c1-3-4-17(30)12-5-7-15-14(9-12)19-20(28-15)26-11-27-21(19)29-16-10-13(22(23,24)25)6-8-18(16)31-2/h6,8,10-12H,3-5,7,9H2,1-2H3,(H2,26,27,28,29). The van der Waals surface area contributed by atoms with Gasteiger partial charge in [0.15, 0.2) is 0 Å². The van der Waals surface area contributed by atoms with Gasteiger partial charge in [0.1, 0.15) is 29.3 Å². The summed E-state index contributed by atoms with van der Waals surface area (Å²) in [6, 6.07) is 3.25. The van der Waals surface area contributed by atoms with Crippen LogP contribution in [0.4, 0.5) is 24.7 Å². The number of aryl methyl sites for hydroxylation is 1. The number of rotatable bonds is 6. The second kappa shape index (κ2) is 8.20. The van der Waals surface area contributed by atoms with E-state index in [2.05, 4.69) is 20.3 Å². The predicted octanol–water partition coefficient (Wildman–Crippen LogP) is 5.20. The minimum atomic E-state index is -4.48. The van der Waals surface area contributed by atoms with E-state index in [-0.39, 0.29) is 23.1 Å². The van der Waals surface area contributed by atoms with E-state index in [1.807, 2.05) is 6.92 Å². The molecule has 1 aromatic carbocycles. The smallest absolute Gasteiger partial charge is 0.416 e. The summed E-state index contributed by atoms with van der Waals surface area (Å²) in [7, 11) is 1.39. The second-order valence-corrected chi connectivity index (χ2v) is 7.72. The number of halogens is 3. The van der Waals surface area contributed by atoms with Crippen LogP contribution in [0.1, 0.15) is 43.0 Å². The Morgan fingerprint density at radius 1 is 1.32 bits per heavy atom. The number of aromatic nitrogens is 3. The van der Waals surface area contributed by atoms with Crippen LogP contribution in [-0.4, -0.2) is 27.8 Å². The van der Waals surface area contributed by atoms with Gasteiger partial charge in [-0.05, 0) is 49.4 Å². The summed E-state index contributed by atoms with van der Waals surface area (Å²) in [5.41, 5.74) is 1.90. The Hall–Kier alpha value is -3.10. The minimum absolute atomic E-state index is 0.0670. The number of H-pyrrole nitrogens is 1. The fraction of sp³-hybridized carbons (Fsp3) is 0.409. The Labute approximate surface area is 177 Å². The molecule has 2 aromatic heterocycles. The number of nitrogens with one attached hydrogen (secondary N) is 2. The molecule has 2 heterocycles. The molecule has 0 saturated heterocycles. The van der Waals surface area contributed by atoms with Gasteiger partial charge in [0, 0.05) is 18.0 Å². The van der Waals surface area contributed by atoms with Gasteiger partial charge in [-0.1, -0.05) is 6.92 Å². The zero-order valence-corrected chi connectivity index (χ0v) is 17.3. The number of benzene rings is 1. The van der Waals surface area contributed by atoms with Gasteiger partial charge in [0.2, 0.25) is 0 Å². The molecule has 1 atom stereocenters. The monoisotopic (exact) mass is 432 g/mol. The average Bonchev–Trinajstić information content (AvgIpc) is 3.12. The van der Waals surface area contributed by atoms with Gasteiger partial charge in [0.05, 0.1) is 23.7 Å². The molecule has 0 fully saturated rings. The number of fused-ring (bicyclic) bond motifs is 3. The first kappa shape index (κ1) is 21.1. The summed E-state index contributed by atoms with van der Waals surface area (Å²) >= 11 is 0. The van der Waals surface area contributed by atoms with Crippen LogP contribution in [0.5, 0.6) is 5.75 Å². The lowest BCUT2D eigenvalue weighted by Gasteiger charge is -2.21. The van der Waals surface area contributed by atoms with Crippen molar-refractivity contribution in [1.82, 2.24) is 15.0 Å². The molecule has 164 valence electrons. The summed E-state index contributed by atoms with van der Waals surface area (Å²) in [5, 5.41) is 3.70. The van der Waals surface area contributed by atoms with E-state index in [1.54, 1.807) is 0 Å². The third-order valence-electron chi connectivity index (χ3n) is 5.71. The van der Waals surface area contributed by atoms with Crippen molar-refractivity contribution in [2.45, 2.75) is 45.2 Å². The molecule has 2 N–H and O–H groups in total. The number of carbonyl (C=O) groups is 1. The molecule has 9 heteroatoms. The number of hydrogen-bond donors (Lipinski definition) is 2. The second-order valence-electron chi connectivity index (χ2n) is 7.72. The average molecular weight is 432 g/mol. The van der Waals surface area contributed by atoms with Crippen molar-refractivity contribution in [2.24, 2.45) is 5.92 Å². The van der Waals surface area contributed by atoms with Gasteiger partial charge in [-0.15, -0.1) is 0 Å². The number of ether oxygens (including phenoxy) is 1. The molecular weight excluding hydrogens is 409 g/mol. The molecule has 0 amide bonds. The molecule has 1 unspecified atom stereocenters. The van der Waals surface area contributed by atoms with Crippen LogP contribution in [0.2, 0.25) is 0 Å². The number of aromatic amines is 1. The fourth-order valence-electron chi connectivity index (χ4n) is 4.17. The zero-order valence-electron chi connectivity index (χ0n) is 17.3. The SMILES string of the molecule is CCCC(=O)C1CCc2[nH]c3ncnc(Nc4cc(C(F)(F)F)ccc4OC)c3c2C1. The Balaban J connectivity index is 1.75. The highest BCUT2D eigenvalue weighted by Gasteiger charge is 2.32. The molecule has 1 aliphatic carbocycles. The Morgan fingerprint density at radius 3 is 2.84 bits per heavy atom. The molecule has 1 aliphatic rings. The number of nitrogens with zero attached hydrogens (tertiary/aromatic N) is 2. The maximum atomic E-state index is 13.2. The van der Waals surface area contributed by atoms with Gasteiger partial charge in [-0.2, -0.15) is 13.2 Å². The summed E-state index contributed by atoms with van der Waals surface area (Å²) < 4.78 is 44.9. The van der Waals surface area contributed by atoms with Crippen molar-refractivity contribution >= 4 is 28.3 Å². The van der Waals surface area contributed by atoms with E-state index in [9.17, 15) is 18.0 Å². The first-order valence-corrected chi connectivity index (χ1v) is 10.2. The van der Waals surface area contributed by atoms with Gasteiger partial charge in [-0.25, -0.2) is 9.97 Å². The molecule has 0 spiro atoms. The van der Waals surface area contributed by atoms with Gasteiger partial charge in [-0.3, -0.25) is 4.79 Å². The van der Waals surface area contributed by atoms with Gasteiger partial charge < -0.3 is 15.0 Å². The van der Waals surface area contributed by atoms with E-state index >= 15 is 0 Å². The van der Waals surface area contributed by atoms with Crippen molar-refractivity contribution in [3.8, 4) is 5.75 Å². The molecule has 0 aliphatic heterocycles. The predicted molar refractivity (Wildman–Crippen MR) is 111 cm³/mol. The largest absolute Gasteiger partial charge is 0.495 e. The third kappa shape index (κ3) is 4.08. The number of carbonyl (C=O) groups excluding carboxylic acids is 1. The Kier molecular flexibility index (Phi) is 5.60. The van der Waals surface area contributed by atoms with Crippen LogP contribution in [0.3, 0.4) is 0 Å². The van der Waals surface area contributed by atoms with Crippen molar-refractivity contribution < 1.29 is 22.7 Å². The molecule has 3 aromatic rings. The van der Waals surface area contributed by atoms with E-state index in [0.29, 0.717) is 29.7 Å². The fourth-order valence-corrected chi connectivity index (χ4v) is 4.17. The highest BCUT2D eigenvalue weighted by Crippen LogP contribution is 2.39. The number of Topliss-reactive ketones (excluding diaryl/α,β-unsaturated/α-hetero) is 1. The van der Waals surface area contributed by atoms with Crippen LogP contribution in [0, 0.1) is 5.92 Å². The maximum absolute atomic E-state index is 13.2. The van der Waals surface area contributed by atoms with Crippen molar-refractivity contribution in [2.75, 3.05) is 12.4 Å². The van der Waals surface area contributed by atoms with E-state index in [4.69, 9.17) is 4.74 Å². The third-order valence-corrected chi connectivity index (χ3v) is 5.71. The van der Waals surface area contributed by atoms with E-state index in [0.717, 1.165) is 42.7 Å². The normalized spacial score (nSPS) is 16.2. The first-order valence-electron chi connectivity index (χ1n) is 10.2. The highest BCUT2D eigenvalue weighted by molar-refractivity contribution is 5.94. The Morgan fingerprint density at radius 2 is 2.13 bits per heavy atom. The highest BCUT2D eigenvalue weighted by atomic mass is 19.4. The molecule has 0 radical (unpaired) electrons. The summed E-state index contributed by atoms with van der Waals surface area (Å²) in [6.45, 7) is 1.98. The van der Waals surface area contributed by atoms with Crippen LogP contribution in [-0.2, 0) is 23.8 Å². The number of methoxy groups -OCH3 is 1. The molecule has 4 rings (SSSR count). The minimum Gasteiger partial charge on any atom is -0.495 e. The molecule has 0 saturated carbocycles. The summed E-state index contributed by atoms with van der Waals surface area (Å²) in [5.74, 6) is 0.819. The first-order chi connectivity index (χ1) is 14.8. The van der Waals surface area contributed by atoms with Crippen molar-refractivity contribution in [3.63, 3.8) is 0 Å². The quantitative estimate of drug-likeness (QED) is 0.560.